The summed E-state index contributed by atoms with van der Waals surface area (Å²) in [7, 11) is 0. The van der Waals surface area contributed by atoms with Crippen LogP contribution >= 0.6 is 0 Å². The van der Waals surface area contributed by atoms with Crippen molar-refractivity contribution in [2.75, 3.05) is 23.3 Å². The van der Waals surface area contributed by atoms with E-state index in [-0.39, 0.29) is 0 Å². The summed E-state index contributed by atoms with van der Waals surface area (Å²) in [5.74, 6) is 0. The molecule has 0 atom stereocenters. The predicted octanol–water partition coefficient (Wildman–Crippen LogP) is 4.31. The van der Waals surface area contributed by atoms with Crippen molar-refractivity contribution in [1.29, 1.82) is 0 Å². The minimum absolute atomic E-state index is 0.886. The van der Waals surface area contributed by atoms with Gasteiger partial charge in [-0.25, -0.2) is 4.98 Å². The molecule has 2 N–H and O–H groups in total. The average Bonchev–Trinajstić information content (AvgIpc) is 3.33. The highest BCUT2D eigenvalue weighted by Gasteiger charge is 2.10. The van der Waals surface area contributed by atoms with Crippen LogP contribution in [0.25, 0.3) is 16.9 Å². The number of benzene rings is 1. The van der Waals surface area contributed by atoms with Gasteiger partial charge in [0, 0.05) is 42.4 Å². The molecule has 0 spiro atoms. The van der Waals surface area contributed by atoms with Crippen LogP contribution in [0.3, 0.4) is 0 Å². The first-order valence-corrected chi connectivity index (χ1v) is 8.87. The van der Waals surface area contributed by atoms with Crippen LogP contribution in [0.15, 0.2) is 61.2 Å². The summed E-state index contributed by atoms with van der Waals surface area (Å²) in [5, 5.41) is 10.4. The van der Waals surface area contributed by atoms with Crippen LogP contribution in [-0.2, 0) is 0 Å². The van der Waals surface area contributed by atoms with Crippen molar-refractivity contribution in [1.82, 2.24) is 19.6 Å². The Kier molecular flexibility index (Phi) is 4.31. The number of hydrogen-bond donors (Lipinski definition) is 2. The number of aromatic nitrogens is 4. The Hall–Kier alpha value is -3.28. The third kappa shape index (κ3) is 2.90. The normalized spacial score (nSPS) is 11.0. The molecule has 6 nitrogen and oxygen atoms in total. The highest BCUT2D eigenvalue weighted by molar-refractivity contribution is 5.77. The smallest absolute Gasteiger partial charge is 0.161 e. The van der Waals surface area contributed by atoms with Gasteiger partial charge in [0.05, 0.1) is 23.8 Å². The van der Waals surface area contributed by atoms with E-state index in [9.17, 15) is 0 Å². The van der Waals surface area contributed by atoms with Crippen LogP contribution in [0.1, 0.15) is 13.8 Å². The predicted molar refractivity (Wildman–Crippen MR) is 106 cm³/mol. The van der Waals surface area contributed by atoms with Crippen molar-refractivity contribution in [3.8, 4) is 11.3 Å². The standard InChI is InChI=1S/C20H22N6/c1-3-25(4-2)17-8-5-7-16(11-17)24-18-9-6-10-26-19(14-21-20(18)26)15-12-22-23-13-15/h5-14,24H,3-4H2,1-2H3,(H,22,23). The molecule has 3 heterocycles. The van der Waals surface area contributed by atoms with Gasteiger partial charge >= 0.3 is 0 Å². The Morgan fingerprint density at radius 1 is 1.12 bits per heavy atom. The van der Waals surface area contributed by atoms with Crippen LogP contribution in [0.4, 0.5) is 17.1 Å². The van der Waals surface area contributed by atoms with Crippen molar-refractivity contribution in [3.05, 3.63) is 61.2 Å². The first kappa shape index (κ1) is 16.2. The number of nitrogens with zero attached hydrogens (tertiary/aromatic N) is 4. The van der Waals surface area contributed by atoms with Crippen LogP contribution in [0.2, 0.25) is 0 Å². The lowest BCUT2D eigenvalue weighted by Gasteiger charge is -2.21. The summed E-state index contributed by atoms with van der Waals surface area (Å²) >= 11 is 0. The van der Waals surface area contributed by atoms with Gasteiger partial charge in [-0.2, -0.15) is 5.10 Å². The van der Waals surface area contributed by atoms with Crippen molar-refractivity contribution in [3.63, 3.8) is 0 Å². The molecule has 0 saturated heterocycles. The first-order chi connectivity index (χ1) is 12.8. The monoisotopic (exact) mass is 346 g/mol. The van der Waals surface area contributed by atoms with E-state index in [1.165, 1.54) is 5.69 Å². The molecule has 0 amide bonds. The van der Waals surface area contributed by atoms with Gasteiger partial charge in [-0.05, 0) is 44.2 Å². The number of anilines is 3. The molecule has 3 aromatic heterocycles. The molecule has 0 saturated carbocycles. The van der Waals surface area contributed by atoms with E-state index in [1.54, 1.807) is 6.20 Å². The average molecular weight is 346 g/mol. The van der Waals surface area contributed by atoms with E-state index in [2.05, 4.69) is 67.9 Å². The SMILES string of the molecule is CCN(CC)c1cccc(Nc2cccn3c(-c4cn[nH]c4)cnc23)c1. The van der Waals surface area contributed by atoms with Gasteiger partial charge < -0.3 is 10.2 Å². The lowest BCUT2D eigenvalue weighted by atomic mass is 10.2. The van der Waals surface area contributed by atoms with E-state index in [1.807, 2.05) is 30.7 Å². The lowest BCUT2D eigenvalue weighted by Crippen LogP contribution is -2.21. The number of aromatic amines is 1. The fraction of sp³-hybridized carbons (Fsp3) is 0.200. The van der Waals surface area contributed by atoms with E-state index in [4.69, 9.17) is 0 Å². The third-order valence-corrected chi connectivity index (χ3v) is 4.58. The fourth-order valence-corrected chi connectivity index (χ4v) is 3.24. The van der Waals surface area contributed by atoms with Gasteiger partial charge in [-0.15, -0.1) is 0 Å². The molecule has 0 aliphatic heterocycles. The Balaban J connectivity index is 1.69. The quantitative estimate of drug-likeness (QED) is 0.546. The van der Waals surface area contributed by atoms with Gasteiger partial charge in [-0.3, -0.25) is 9.50 Å². The number of H-pyrrole nitrogens is 1. The van der Waals surface area contributed by atoms with Crippen LogP contribution in [0.5, 0.6) is 0 Å². The van der Waals surface area contributed by atoms with Crippen LogP contribution < -0.4 is 10.2 Å². The highest BCUT2D eigenvalue weighted by Crippen LogP contribution is 2.27. The maximum Gasteiger partial charge on any atom is 0.161 e. The number of fused-ring (bicyclic) bond motifs is 1. The summed E-state index contributed by atoms with van der Waals surface area (Å²) in [5.41, 5.74) is 6.15. The molecule has 4 rings (SSSR count). The molecule has 26 heavy (non-hydrogen) atoms. The van der Waals surface area contributed by atoms with E-state index >= 15 is 0 Å². The lowest BCUT2D eigenvalue weighted by molar-refractivity contribution is 0.866. The second-order valence-corrected chi connectivity index (χ2v) is 6.09. The molecule has 0 aliphatic rings. The van der Waals surface area contributed by atoms with Gasteiger partial charge in [0.2, 0.25) is 0 Å². The maximum atomic E-state index is 4.61. The molecule has 4 aromatic rings. The Morgan fingerprint density at radius 2 is 2.00 bits per heavy atom. The van der Waals surface area contributed by atoms with E-state index < -0.39 is 0 Å². The molecular formula is C20H22N6. The molecule has 132 valence electrons. The van der Waals surface area contributed by atoms with Gasteiger partial charge in [0.25, 0.3) is 0 Å². The second-order valence-electron chi connectivity index (χ2n) is 6.09. The Labute approximate surface area is 152 Å². The zero-order chi connectivity index (χ0) is 17.9. The zero-order valence-electron chi connectivity index (χ0n) is 15.0. The minimum atomic E-state index is 0.886. The number of hydrogen-bond acceptors (Lipinski definition) is 4. The number of imidazole rings is 1. The van der Waals surface area contributed by atoms with Crippen molar-refractivity contribution >= 4 is 22.7 Å². The topological polar surface area (TPSA) is 61.2 Å². The summed E-state index contributed by atoms with van der Waals surface area (Å²) in [6, 6.07) is 12.6. The largest absolute Gasteiger partial charge is 0.372 e. The van der Waals surface area contributed by atoms with E-state index in [0.717, 1.165) is 41.4 Å². The fourth-order valence-electron chi connectivity index (χ4n) is 3.24. The van der Waals surface area contributed by atoms with Crippen molar-refractivity contribution in [2.24, 2.45) is 0 Å². The number of pyridine rings is 1. The highest BCUT2D eigenvalue weighted by atomic mass is 15.1. The Morgan fingerprint density at radius 3 is 2.77 bits per heavy atom. The summed E-state index contributed by atoms with van der Waals surface area (Å²) in [6.45, 7) is 6.33. The number of rotatable bonds is 6. The van der Waals surface area contributed by atoms with Crippen LogP contribution in [0, 0.1) is 0 Å². The molecule has 1 aromatic carbocycles. The molecule has 0 bridgehead atoms. The molecule has 6 heteroatoms. The molecule has 0 fully saturated rings. The zero-order valence-corrected chi connectivity index (χ0v) is 15.0. The number of nitrogens with one attached hydrogen (secondary N) is 2. The molecule has 0 unspecified atom stereocenters. The second kappa shape index (κ2) is 6.92. The van der Waals surface area contributed by atoms with E-state index in [0.29, 0.717) is 0 Å². The third-order valence-electron chi connectivity index (χ3n) is 4.58. The van der Waals surface area contributed by atoms with Crippen molar-refractivity contribution < 1.29 is 0 Å². The molecular weight excluding hydrogens is 324 g/mol. The van der Waals surface area contributed by atoms with Crippen molar-refractivity contribution in [2.45, 2.75) is 13.8 Å². The first-order valence-electron chi connectivity index (χ1n) is 8.87. The maximum absolute atomic E-state index is 4.61. The molecule has 0 radical (unpaired) electrons. The van der Waals surface area contributed by atoms with Gasteiger partial charge in [-0.1, -0.05) is 6.07 Å². The summed E-state index contributed by atoms with van der Waals surface area (Å²) in [6.07, 6.45) is 7.56. The summed E-state index contributed by atoms with van der Waals surface area (Å²) < 4.78 is 2.07. The van der Waals surface area contributed by atoms with Gasteiger partial charge in [0.1, 0.15) is 0 Å². The minimum Gasteiger partial charge on any atom is -0.372 e. The van der Waals surface area contributed by atoms with Crippen LogP contribution in [-0.4, -0.2) is 32.7 Å². The molecule has 0 aliphatic carbocycles. The van der Waals surface area contributed by atoms with Gasteiger partial charge in [0.15, 0.2) is 5.65 Å². The summed E-state index contributed by atoms with van der Waals surface area (Å²) in [4.78, 5) is 6.94. The Bertz CT molecular complexity index is 998.